The molecule has 2 unspecified atom stereocenters. The molecule has 0 aromatic carbocycles. The molecule has 22 heavy (non-hydrogen) atoms. The summed E-state index contributed by atoms with van der Waals surface area (Å²) in [5, 5.41) is 6.99. The second-order valence-electron chi connectivity index (χ2n) is 6.10. The summed E-state index contributed by atoms with van der Waals surface area (Å²) in [6.45, 7) is 1.60. The first kappa shape index (κ1) is 15.2. The molecule has 2 atom stereocenters. The Morgan fingerprint density at radius 3 is 2.68 bits per heavy atom. The van der Waals surface area contributed by atoms with Gasteiger partial charge in [-0.25, -0.2) is 13.1 Å². The monoisotopic (exact) mass is 325 g/mol. The van der Waals surface area contributed by atoms with Gasteiger partial charge in [0, 0.05) is 18.0 Å². The first-order chi connectivity index (χ1) is 10.4. The van der Waals surface area contributed by atoms with Crippen LogP contribution in [0, 0.1) is 0 Å². The van der Waals surface area contributed by atoms with Crippen molar-refractivity contribution >= 4 is 15.7 Å². The van der Waals surface area contributed by atoms with E-state index in [9.17, 15) is 18.0 Å². The number of nitrogens with one attached hydrogen (secondary N) is 1. The van der Waals surface area contributed by atoms with Gasteiger partial charge in [0.15, 0.2) is 9.84 Å². The van der Waals surface area contributed by atoms with Crippen LogP contribution in [0.4, 0.5) is 0 Å². The molecule has 2 heterocycles. The van der Waals surface area contributed by atoms with Crippen LogP contribution in [0.5, 0.6) is 0 Å². The van der Waals surface area contributed by atoms with Crippen molar-refractivity contribution in [2.45, 2.75) is 44.2 Å². The summed E-state index contributed by atoms with van der Waals surface area (Å²) in [6, 6.07) is 2.02. The number of aromatic nitrogens is 2. The quantitative estimate of drug-likeness (QED) is 0.839. The number of sulfone groups is 1. The minimum atomic E-state index is -3.05. The van der Waals surface area contributed by atoms with Gasteiger partial charge in [-0.1, -0.05) is 0 Å². The molecule has 1 aromatic rings. The van der Waals surface area contributed by atoms with Crippen molar-refractivity contribution in [2.75, 3.05) is 11.5 Å². The molecule has 8 heteroatoms. The largest absolute Gasteiger partial charge is 0.350 e. The Balaban J connectivity index is 1.73. The van der Waals surface area contributed by atoms with Gasteiger partial charge >= 0.3 is 0 Å². The van der Waals surface area contributed by atoms with Gasteiger partial charge in [0.05, 0.1) is 17.2 Å². The highest BCUT2D eigenvalue weighted by Gasteiger charge is 2.31. The molecule has 120 valence electrons. The highest BCUT2D eigenvalue weighted by molar-refractivity contribution is 7.91. The summed E-state index contributed by atoms with van der Waals surface area (Å²) < 4.78 is 24.0. The molecular formula is C14H19N3O4S. The second kappa shape index (κ2) is 5.49. The average molecular weight is 325 g/mol. The predicted molar refractivity (Wildman–Crippen MR) is 80.4 cm³/mol. The van der Waals surface area contributed by atoms with Gasteiger partial charge in [-0.2, -0.15) is 5.10 Å². The van der Waals surface area contributed by atoms with Gasteiger partial charge in [-0.05, 0) is 32.3 Å². The van der Waals surface area contributed by atoms with E-state index in [0.29, 0.717) is 12.3 Å². The van der Waals surface area contributed by atoms with E-state index in [-0.39, 0.29) is 29.0 Å². The molecule has 1 N–H and O–H groups in total. The van der Waals surface area contributed by atoms with Crippen LogP contribution in [0.25, 0.3) is 0 Å². The van der Waals surface area contributed by atoms with Crippen molar-refractivity contribution in [3.8, 4) is 0 Å². The maximum atomic E-state index is 12.3. The third-order valence-electron chi connectivity index (χ3n) is 4.17. The maximum absolute atomic E-state index is 12.3. The number of hydrogen-bond donors (Lipinski definition) is 1. The average Bonchev–Trinajstić information content (AvgIpc) is 3.24. The molecule has 2 aliphatic rings. The van der Waals surface area contributed by atoms with Crippen molar-refractivity contribution in [3.63, 3.8) is 0 Å². The molecule has 1 amide bonds. The Hall–Kier alpha value is -1.70. The Labute approximate surface area is 128 Å². The summed E-state index contributed by atoms with van der Waals surface area (Å²) in [7, 11) is -3.05. The van der Waals surface area contributed by atoms with Crippen molar-refractivity contribution in [3.05, 3.63) is 28.2 Å². The third kappa shape index (κ3) is 3.21. The van der Waals surface area contributed by atoms with Crippen LogP contribution in [0.15, 0.2) is 16.9 Å². The highest BCUT2D eigenvalue weighted by Crippen LogP contribution is 2.38. The number of amides is 1. The summed E-state index contributed by atoms with van der Waals surface area (Å²) in [4.78, 5) is 24.2. The maximum Gasteiger partial charge on any atom is 0.267 e. The van der Waals surface area contributed by atoms with Gasteiger partial charge in [0.1, 0.15) is 6.04 Å². The lowest BCUT2D eigenvalue weighted by Gasteiger charge is -2.17. The molecule has 0 bridgehead atoms. The van der Waals surface area contributed by atoms with Crippen LogP contribution in [-0.4, -0.2) is 41.7 Å². The highest BCUT2D eigenvalue weighted by atomic mass is 32.2. The molecule has 2 fully saturated rings. The molecule has 1 saturated heterocycles. The zero-order chi connectivity index (χ0) is 15.9. The smallest absolute Gasteiger partial charge is 0.267 e. The van der Waals surface area contributed by atoms with Crippen molar-refractivity contribution in [1.82, 2.24) is 15.1 Å². The van der Waals surface area contributed by atoms with E-state index in [1.165, 1.54) is 10.7 Å². The van der Waals surface area contributed by atoms with E-state index in [1.807, 2.05) is 0 Å². The molecule has 0 spiro atoms. The fourth-order valence-electron chi connectivity index (χ4n) is 2.66. The van der Waals surface area contributed by atoms with Gasteiger partial charge in [-0.3, -0.25) is 9.59 Å². The first-order valence-corrected chi connectivity index (χ1v) is 9.28. The van der Waals surface area contributed by atoms with Crippen LogP contribution >= 0.6 is 0 Å². The van der Waals surface area contributed by atoms with Crippen LogP contribution in [-0.2, 0) is 14.6 Å². The Morgan fingerprint density at radius 2 is 2.09 bits per heavy atom. The number of carbonyl (C=O) groups is 1. The zero-order valence-electron chi connectivity index (χ0n) is 12.4. The van der Waals surface area contributed by atoms with Crippen molar-refractivity contribution in [1.29, 1.82) is 0 Å². The van der Waals surface area contributed by atoms with Gasteiger partial charge in [-0.15, -0.1) is 0 Å². The molecule has 7 nitrogen and oxygen atoms in total. The van der Waals surface area contributed by atoms with Gasteiger partial charge < -0.3 is 5.32 Å². The summed E-state index contributed by atoms with van der Waals surface area (Å²) >= 11 is 0. The summed E-state index contributed by atoms with van der Waals surface area (Å²) in [6.07, 6.45) is 2.54. The minimum Gasteiger partial charge on any atom is -0.350 e. The second-order valence-corrected chi connectivity index (χ2v) is 8.33. The Bertz CT molecular complexity index is 752. The van der Waals surface area contributed by atoms with Crippen molar-refractivity contribution < 1.29 is 13.2 Å². The number of rotatable bonds is 4. The van der Waals surface area contributed by atoms with E-state index >= 15 is 0 Å². The van der Waals surface area contributed by atoms with E-state index in [1.54, 1.807) is 13.0 Å². The van der Waals surface area contributed by atoms with Crippen LogP contribution in [0.1, 0.15) is 43.8 Å². The Kier molecular flexibility index (Phi) is 3.80. The summed E-state index contributed by atoms with van der Waals surface area (Å²) in [5.74, 6) is 0.0872. The molecule has 1 saturated carbocycles. The SMILES string of the molecule is CC(C(=O)NC1CCS(=O)(=O)C1)n1nc(C2CC2)ccc1=O. The van der Waals surface area contributed by atoms with E-state index in [4.69, 9.17) is 0 Å². The summed E-state index contributed by atoms with van der Waals surface area (Å²) in [5.41, 5.74) is 0.508. The van der Waals surface area contributed by atoms with Gasteiger partial charge in [0.2, 0.25) is 5.91 Å². The van der Waals surface area contributed by atoms with E-state index in [2.05, 4.69) is 10.4 Å². The molecule has 1 aromatic heterocycles. The number of hydrogen-bond acceptors (Lipinski definition) is 5. The molecule has 3 rings (SSSR count). The first-order valence-electron chi connectivity index (χ1n) is 7.46. The lowest BCUT2D eigenvalue weighted by atomic mass is 10.2. The third-order valence-corrected chi connectivity index (χ3v) is 5.93. The topological polar surface area (TPSA) is 98.1 Å². The number of nitrogens with zero attached hydrogens (tertiary/aromatic N) is 2. The van der Waals surface area contributed by atoms with E-state index in [0.717, 1.165) is 18.5 Å². The molecule has 1 aliphatic carbocycles. The van der Waals surface area contributed by atoms with Gasteiger partial charge in [0.25, 0.3) is 5.56 Å². The number of carbonyl (C=O) groups excluding carboxylic acids is 1. The van der Waals surface area contributed by atoms with Crippen LogP contribution < -0.4 is 10.9 Å². The standard InChI is InChI=1S/C14H19N3O4S/c1-9(14(19)15-11-6-7-22(20,21)8-11)17-13(18)5-4-12(16-17)10-2-3-10/h4-5,9-11H,2-3,6-8H2,1H3,(H,15,19). The molecule has 1 aliphatic heterocycles. The lowest BCUT2D eigenvalue weighted by Crippen LogP contribution is -2.42. The van der Waals surface area contributed by atoms with Crippen LogP contribution in [0.3, 0.4) is 0 Å². The zero-order valence-corrected chi connectivity index (χ0v) is 13.2. The lowest BCUT2D eigenvalue weighted by molar-refractivity contribution is -0.124. The Morgan fingerprint density at radius 1 is 1.36 bits per heavy atom. The normalized spacial score (nSPS) is 24.9. The van der Waals surface area contributed by atoms with Crippen molar-refractivity contribution in [2.24, 2.45) is 0 Å². The molecule has 0 radical (unpaired) electrons. The van der Waals surface area contributed by atoms with Crippen LogP contribution in [0.2, 0.25) is 0 Å². The fourth-order valence-corrected chi connectivity index (χ4v) is 4.33. The molecular weight excluding hydrogens is 306 g/mol. The van der Waals surface area contributed by atoms with E-state index < -0.39 is 15.9 Å². The fraction of sp³-hybridized carbons (Fsp3) is 0.643. The minimum absolute atomic E-state index is 0.0318. The predicted octanol–water partition coefficient (Wildman–Crippen LogP) is -0.0150.